The molecule has 2 heterocycles. The maximum Gasteiger partial charge on any atom is 0.212 e. The van der Waals surface area contributed by atoms with Crippen molar-refractivity contribution in [3.63, 3.8) is 0 Å². The summed E-state index contributed by atoms with van der Waals surface area (Å²) < 4.78 is 34.0. The molecule has 1 unspecified atom stereocenters. The van der Waals surface area contributed by atoms with Gasteiger partial charge in [-0.15, -0.1) is 0 Å². The first-order valence-electron chi connectivity index (χ1n) is 8.97. The molecule has 0 amide bonds. The van der Waals surface area contributed by atoms with Gasteiger partial charge in [-0.25, -0.2) is 13.1 Å². The van der Waals surface area contributed by atoms with Crippen molar-refractivity contribution in [3.8, 4) is 5.75 Å². The van der Waals surface area contributed by atoms with Crippen LogP contribution in [0, 0.1) is 0 Å². The minimum Gasteiger partial charge on any atom is -0.487 e. The van der Waals surface area contributed by atoms with Gasteiger partial charge in [-0.05, 0) is 31.9 Å². The Hall–Kier alpha value is -1.11. The predicted octanol–water partition coefficient (Wildman–Crippen LogP) is 2.69. The van der Waals surface area contributed by atoms with E-state index in [4.69, 9.17) is 4.74 Å². The first kappa shape index (κ1) is 17.7. The number of hydrogen-bond acceptors (Lipinski definition) is 4. The van der Waals surface area contributed by atoms with E-state index >= 15 is 0 Å². The summed E-state index contributed by atoms with van der Waals surface area (Å²) in [6, 6.07) is 7.64. The number of nitrogens with one attached hydrogen (secondary N) is 1. The van der Waals surface area contributed by atoms with Crippen molar-refractivity contribution in [1.29, 1.82) is 0 Å². The van der Waals surface area contributed by atoms with Crippen LogP contribution in [0.2, 0.25) is 0 Å². The lowest BCUT2D eigenvalue weighted by atomic mass is 9.81. The summed E-state index contributed by atoms with van der Waals surface area (Å²) in [7, 11) is -3.26. The topological polar surface area (TPSA) is 58.6 Å². The third-order valence-electron chi connectivity index (χ3n) is 5.21. The third-order valence-corrected chi connectivity index (χ3v) is 6.80. The highest BCUT2D eigenvalue weighted by Crippen LogP contribution is 2.44. The van der Waals surface area contributed by atoms with E-state index < -0.39 is 10.0 Å². The van der Waals surface area contributed by atoms with Crippen molar-refractivity contribution in [2.45, 2.75) is 51.2 Å². The number of nitrogens with zero attached hydrogens (tertiary/aromatic N) is 1. The highest BCUT2D eigenvalue weighted by molar-refractivity contribution is 7.89. The molecule has 3 rings (SSSR count). The van der Waals surface area contributed by atoms with E-state index in [1.165, 1.54) is 0 Å². The molecule has 1 saturated heterocycles. The van der Waals surface area contributed by atoms with Crippen LogP contribution in [0.3, 0.4) is 0 Å². The highest BCUT2D eigenvalue weighted by Gasteiger charge is 2.43. The lowest BCUT2D eigenvalue weighted by Crippen LogP contribution is -2.52. The summed E-state index contributed by atoms with van der Waals surface area (Å²) in [6.07, 6.45) is 3.23. The molecular formula is C18H28N2O3S. The maximum atomic E-state index is 12.3. The number of fused-ring (bicyclic) bond motifs is 1. The van der Waals surface area contributed by atoms with E-state index in [-0.39, 0.29) is 17.4 Å². The van der Waals surface area contributed by atoms with Gasteiger partial charge in [0.1, 0.15) is 11.4 Å². The Bertz CT molecular complexity index is 667. The fourth-order valence-electron chi connectivity index (χ4n) is 3.85. The molecule has 0 radical (unpaired) electrons. The van der Waals surface area contributed by atoms with Gasteiger partial charge in [0.15, 0.2) is 0 Å². The van der Waals surface area contributed by atoms with Crippen LogP contribution in [0.1, 0.15) is 51.1 Å². The molecule has 0 bridgehead atoms. The summed E-state index contributed by atoms with van der Waals surface area (Å²) >= 11 is 0. The molecular weight excluding hydrogens is 324 g/mol. The number of piperidine rings is 1. The van der Waals surface area contributed by atoms with Gasteiger partial charge in [-0.2, -0.15) is 0 Å². The van der Waals surface area contributed by atoms with Crippen LogP contribution >= 0.6 is 0 Å². The second kappa shape index (κ2) is 7.02. The second-order valence-corrected chi connectivity index (χ2v) is 8.82. The van der Waals surface area contributed by atoms with Crippen molar-refractivity contribution >= 4 is 10.0 Å². The van der Waals surface area contributed by atoms with E-state index in [1.807, 2.05) is 31.2 Å². The molecule has 1 fully saturated rings. The maximum absolute atomic E-state index is 12.3. The third kappa shape index (κ3) is 3.76. The fourth-order valence-corrected chi connectivity index (χ4v) is 5.15. The number of likely N-dealkylation sites (tertiary alicyclic amines) is 1. The SMILES string of the molecule is CCCS(=O)(=O)NC1CC2(CCN(CC)CC2)Oc2ccccc21. The summed E-state index contributed by atoms with van der Waals surface area (Å²) in [5.74, 6) is 1.00. The predicted molar refractivity (Wildman–Crippen MR) is 95.7 cm³/mol. The minimum absolute atomic E-state index is 0.170. The molecule has 0 saturated carbocycles. The average Bonchev–Trinajstić information content (AvgIpc) is 2.55. The van der Waals surface area contributed by atoms with Crippen LogP contribution in [-0.2, 0) is 10.0 Å². The molecule has 5 nitrogen and oxygen atoms in total. The van der Waals surface area contributed by atoms with E-state index in [0.29, 0.717) is 12.8 Å². The molecule has 1 atom stereocenters. The Morgan fingerprint density at radius 2 is 1.96 bits per heavy atom. The van der Waals surface area contributed by atoms with Crippen molar-refractivity contribution in [2.24, 2.45) is 0 Å². The van der Waals surface area contributed by atoms with Crippen LogP contribution in [-0.4, -0.2) is 44.3 Å². The Kier molecular flexibility index (Phi) is 5.18. The van der Waals surface area contributed by atoms with Gasteiger partial charge in [-0.3, -0.25) is 0 Å². The van der Waals surface area contributed by atoms with Gasteiger partial charge < -0.3 is 9.64 Å². The number of rotatable bonds is 5. The highest BCUT2D eigenvalue weighted by atomic mass is 32.2. The molecule has 1 spiro atoms. The number of benzene rings is 1. The van der Waals surface area contributed by atoms with Crippen LogP contribution in [0.25, 0.3) is 0 Å². The second-order valence-electron chi connectivity index (χ2n) is 6.95. The van der Waals surface area contributed by atoms with Gasteiger partial charge in [0.2, 0.25) is 10.0 Å². The quantitative estimate of drug-likeness (QED) is 0.885. The lowest BCUT2D eigenvalue weighted by Gasteiger charge is -2.46. The zero-order valence-corrected chi connectivity index (χ0v) is 15.4. The summed E-state index contributed by atoms with van der Waals surface area (Å²) in [5, 5.41) is 0. The molecule has 0 aromatic heterocycles. The number of sulfonamides is 1. The van der Waals surface area contributed by atoms with Gasteiger partial charge in [0, 0.05) is 25.1 Å². The van der Waals surface area contributed by atoms with Crippen LogP contribution in [0.5, 0.6) is 5.75 Å². The van der Waals surface area contributed by atoms with Gasteiger partial charge >= 0.3 is 0 Å². The average molecular weight is 353 g/mol. The zero-order chi connectivity index (χ0) is 17.2. The monoisotopic (exact) mass is 352 g/mol. The van der Waals surface area contributed by atoms with Crippen LogP contribution < -0.4 is 9.46 Å². The Labute approximate surface area is 145 Å². The summed E-state index contributed by atoms with van der Waals surface area (Å²) in [6.45, 7) is 7.13. The number of hydrogen-bond donors (Lipinski definition) is 1. The van der Waals surface area contributed by atoms with Gasteiger partial charge in [-0.1, -0.05) is 32.0 Å². The Morgan fingerprint density at radius 1 is 1.25 bits per heavy atom. The molecule has 0 aliphatic carbocycles. The van der Waals surface area contributed by atoms with E-state index in [2.05, 4.69) is 16.5 Å². The molecule has 1 aromatic carbocycles. The van der Waals surface area contributed by atoms with Gasteiger partial charge in [0.05, 0.1) is 11.8 Å². The molecule has 1 aromatic rings. The molecule has 1 N–H and O–H groups in total. The van der Waals surface area contributed by atoms with Crippen molar-refractivity contribution in [2.75, 3.05) is 25.4 Å². The molecule has 2 aliphatic rings. The van der Waals surface area contributed by atoms with Crippen molar-refractivity contribution < 1.29 is 13.2 Å². The fraction of sp³-hybridized carbons (Fsp3) is 0.667. The standard InChI is InChI=1S/C18H28N2O3S/c1-3-13-24(21,22)19-16-14-18(9-11-20(4-2)12-10-18)23-17-8-6-5-7-15(16)17/h5-8,16,19H,3-4,9-14H2,1-2H3. The van der Waals surface area contributed by atoms with Crippen LogP contribution in [0.15, 0.2) is 24.3 Å². The first-order chi connectivity index (χ1) is 11.5. The molecule has 2 aliphatic heterocycles. The normalized spacial score (nSPS) is 23.7. The minimum atomic E-state index is -3.26. The first-order valence-corrected chi connectivity index (χ1v) is 10.6. The molecule has 134 valence electrons. The van der Waals surface area contributed by atoms with Gasteiger partial charge in [0.25, 0.3) is 0 Å². The summed E-state index contributed by atoms with van der Waals surface area (Å²) in [4.78, 5) is 2.42. The Balaban J connectivity index is 1.85. The Morgan fingerprint density at radius 3 is 2.62 bits per heavy atom. The lowest BCUT2D eigenvalue weighted by molar-refractivity contribution is -0.0220. The van der Waals surface area contributed by atoms with Crippen LogP contribution in [0.4, 0.5) is 0 Å². The molecule has 6 heteroatoms. The molecule has 24 heavy (non-hydrogen) atoms. The smallest absolute Gasteiger partial charge is 0.212 e. The summed E-state index contributed by atoms with van der Waals surface area (Å²) in [5.41, 5.74) is 0.708. The van der Waals surface area contributed by atoms with Crippen molar-refractivity contribution in [1.82, 2.24) is 9.62 Å². The number of para-hydroxylation sites is 1. The zero-order valence-electron chi connectivity index (χ0n) is 14.6. The van der Waals surface area contributed by atoms with E-state index in [1.54, 1.807) is 0 Å². The van der Waals surface area contributed by atoms with E-state index in [9.17, 15) is 8.42 Å². The largest absolute Gasteiger partial charge is 0.487 e. The number of ether oxygens (including phenoxy) is 1. The van der Waals surface area contributed by atoms with E-state index in [0.717, 1.165) is 43.8 Å². The van der Waals surface area contributed by atoms with Crippen molar-refractivity contribution in [3.05, 3.63) is 29.8 Å².